The van der Waals surface area contributed by atoms with Gasteiger partial charge in [0, 0.05) is 24.2 Å². The lowest BCUT2D eigenvalue weighted by molar-refractivity contribution is 0.549. The third kappa shape index (κ3) is 7.15. The minimum Gasteiger partial charge on any atom is -0.357 e. The Bertz CT molecular complexity index is 385. The second kappa shape index (κ2) is 8.91. The summed E-state index contributed by atoms with van der Waals surface area (Å²) in [6.07, 6.45) is 4.33. The number of guanidine groups is 1. The van der Waals surface area contributed by atoms with Crippen LogP contribution in [-0.2, 0) is 6.54 Å². The van der Waals surface area contributed by atoms with Crippen LogP contribution in [0.5, 0.6) is 0 Å². The van der Waals surface area contributed by atoms with Gasteiger partial charge < -0.3 is 10.6 Å². The predicted molar refractivity (Wildman–Crippen MR) is 83.7 cm³/mol. The maximum atomic E-state index is 4.56. The summed E-state index contributed by atoms with van der Waals surface area (Å²) in [5.74, 6) is 1.65. The van der Waals surface area contributed by atoms with Crippen LogP contribution in [-0.4, -0.2) is 24.0 Å². The molecule has 1 heterocycles. The Labute approximate surface area is 120 Å². The second-order valence-corrected chi connectivity index (χ2v) is 6.34. The number of hydrogen-bond donors (Lipinski definition) is 2. The molecule has 0 saturated carbocycles. The van der Waals surface area contributed by atoms with Crippen LogP contribution in [0.3, 0.4) is 0 Å². The van der Waals surface area contributed by atoms with Gasteiger partial charge in [-0.15, -0.1) is 11.3 Å². The Hall–Kier alpha value is -1.10. The lowest BCUT2D eigenvalue weighted by Gasteiger charge is -2.11. The number of rotatable bonds is 7. The lowest BCUT2D eigenvalue weighted by atomic mass is 10.1. The van der Waals surface area contributed by atoms with Crippen molar-refractivity contribution >= 4 is 17.3 Å². The van der Waals surface area contributed by atoms with Gasteiger partial charge in [-0.25, -0.2) is 9.98 Å². The Morgan fingerprint density at radius 1 is 1.42 bits per heavy atom. The summed E-state index contributed by atoms with van der Waals surface area (Å²) in [7, 11) is 0. The van der Waals surface area contributed by atoms with Gasteiger partial charge in [0.25, 0.3) is 0 Å². The van der Waals surface area contributed by atoms with Crippen molar-refractivity contribution in [2.45, 2.75) is 47.1 Å². The van der Waals surface area contributed by atoms with Crippen LogP contribution in [0.1, 0.15) is 43.5 Å². The molecule has 0 radical (unpaired) electrons. The molecule has 0 saturated heterocycles. The van der Waals surface area contributed by atoms with E-state index in [0.29, 0.717) is 6.54 Å². The molecule has 1 rings (SSSR count). The Morgan fingerprint density at radius 2 is 2.21 bits per heavy atom. The number of hydrogen-bond acceptors (Lipinski definition) is 3. The molecule has 0 spiro atoms. The van der Waals surface area contributed by atoms with Crippen molar-refractivity contribution in [3.05, 3.63) is 16.1 Å². The average molecular weight is 282 g/mol. The zero-order chi connectivity index (χ0) is 14.1. The molecular formula is C14H26N4S. The maximum absolute atomic E-state index is 4.56. The van der Waals surface area contributed by atoms with Gasteiger partial charge in [0.05, 0.1) is 6.54 Å². The number of aryl methyl sites for hydroxylation is 1. The summed E-state index contributed by atoms with van der Waals surface area (Å²) in [5, 5.41) is 7.70. The van der Waals surface area contributed by atoms with Crippen molar-refractivity contribution in [3.63, 3.8) is 0 Å². The van der Waals surface area contributed by atoms with E-state index in [1.54, 1.807) is 11.3 Å². The van der Waals surface area contributed by atoms with Crippen LogP contribution in [0.2, 0.25) is 0 Å². The van der Waals surface area contributed by atoms with Crippen molar-refractivity contribution in [2.24, 2.45) is 10.9 Å². The Balaban J connectivity index is 2.37. The molecule has 0 aliphatic carbocycles. The Kier molecular flexibility index (Phi) is 7.48. The second-order valence-electron chi connectivity index (χ2n) is 5.02. The molecule has 0 fully saturated rings. The molecule has 0 unspecified atom stereocenters. The smallest absolute Gasteiger partial charge is 0.191 e. The highest BCUT2D eigenvalue weighted by Gasteiger charge is 2.00. The van der Waals surface area contributed by atoms with Gasteiger partial charge in [0.1, 0.15) is 5.01 Å². The summed E-state index contributed by atoms with van der Waals surface area (Å²) in [6, 6.07) is 0. The number of nitrogens with zero attached hydrogens (tertiary/aromatic N) is 2. The van der Waals surface area contributed by atoms with Crippen LogP contribution in [0, 0.1) is 12.8 Å². The van der Waals surface area contributed by atoms with Crippen LogP contribution in [0.4, 0.5) is 0 Å². The molecule has 0 aliphatic heterocycles. The number of nitrogens with one attached hydrogen (secondary N) is 2. The summed E-state index contributed by atoms with van der Waals surface area (Å²) in [5.41, 5.74) is 0. The summed E-state index contributed by atoms with van der Waals surface area (Å²) >= 11 is 1.71. The van der Waals surface area contributed by atoms with E-state index in [2.05, 4.69) is 48.3 Å². The molecule has 108 valence electrons. The summed E-state index contributed by atoms with van der Waals surface area (Å²) in [6.45, 7) is 11.2. The van der Waals surface area contributed by atoms with E-state index in [9.17, 15) is 0 Å². The third-order valence-corrected chi connectivity index (χ3v) is 3.53. The van der Waals surface area contributed by atoms with Crippen LogP contribution < -0.4 is 10.6 Å². The molecule has 0 amide bonds. The molecule has 4 nitrogen and oxygen atoms in total. The van der Waals surface area contributed by atoms with E-state index < -0.39 is 0 Å². The highest BCUT2D eigenvalue weighted by atomic mass is 32.1. The zero-order valence-corrected chi connectivity index (χ0v) is 13.3. The van der Waals surface area contributed by atoms with Crippen LogP contribution in [0.15, 0.2) is 11.2 Å². The SMILES string of the molecule is CCNC(=NCc1ncc(C)s1)NCCCC(C)C. The molecule has 1 aromatic heterocycles. The lowest BCUT2D eigenvalue weighted by Crippen LogP contribution is -2.37. The minimum absolute atomic E-state index is 0.651. The summed E-state index contributed by atoms with van der Waals surface area (Å²) < 4.78 is 0. The van der Waals surface area contributed by atoms with Crippen molar-refractivity contribution in [2.75, 3.05) is 13.1 Å². The van der Waals surface area contributed by atoms with E-state index in [-0.39, 0.29) is 0 Å². The molecule has 0 atom stereocenters. The van der Waals surface area contributed by atoms with Gasteiger partial charge in [0.15, 0.2) is 5.96 Å². The maximum Gasteiger partial charge on any atom is 0.191 e. The topological polar surface area (TPSA) is 49.3 Å². The van der Waals surface area contributed by atoms with Crippen molar-refractivity contribution in [1.29, 1.82) is 0 Å². The molecule has 0 bridgehead atoms. The van der Waals surface area contributed by atoms with Crippen molar-refractivity contribution in [1.82, 2.24) is 15.6 Å². The first-order valence-electron chi connectivity index (χ1n) is 7.05. The van der Waals surface area contributed by atoms with E-state index in [1.807, 2.05) is 6.20 Å². The van der Waals surface area contributed by atoms with E-state index in [0.717, 1.165) is 30.0 Å². The standard InChI is InChI=1S/C14H26N4S/c1-5-15-14(16-8-6-7-11(2)3)18-10-13-17-9-12(4)19-13/h9,11H,5-8,10H2,1-4H3,(H2,15,16,18). The molecule has 19 heavy (non-hydrogen) atoms. The molecular weight excluding hydrogens is 256 g/mol. The molecule has 0 aliphatic rings. The quantitative estimate of drug-likeness (QED) is 0.459. The fourth-order valence-electron chi connectivity index (χ4n) is 1.68. The van der Waals surface area contributed by atoms with Gasteiger partial charge >= 0.3 is 0 Å². The normalized spacial score (nSPS) is 11.9. The highest BCUT2D eigenvalue weighted by Crippen LogP contribution is 2.11. The first kappa shape index (κ1) is 16.0. The van der Waals surface area contributed by atoms with Gasteiger partial charge in [0.2, 0.25) is 0 Å². The molecule has 0 aromatic carbocycles. The van der Waals surface area contributed by atoms with Gasteiger partial charge in [-0.3, -0.25) is 0 Å². The van der Waals surface area contributed by atoms with Crippen LogP contribution >= 0.6 is 11.3 Å². The van der Waals surface area contributed by atoms with E-state index in [1.165, 1.54) is 17.7 Å². The van der Waals surface area contributed by atoms with Crippen LogP contribution in [0.25, 0.3) is 0 Å². The van der Waals surface area contributed by atoms with Crippen molar-refractivity contribution in [3.8, 4) is 0 Å². The Morgan fingerprint density at radius 3 is 2.79 bits per heavy atom. The number of aliphatic imine (C=N–C) groups is 1. The molecule has 2 N–H and O–H groups in total. The summed E-state index contributed by atoms with van der Waals surface area (Å²) in [4.78, 5) is 10.1. The van der Waals surface area contributed by atoms with E-state index >= 15 is 0 Å². The van der Waals surface area contributed by atoms with Crippen molar-refractivity contribution < 1.29 is 0 Å². The highest BCUT2D eigenvalue weighted by molar-refractivity contribution is 7.11. The zero-order valence-electron chi connectivity index (χ0n) is 12.5. The predicted octanol–water partition coefficient (Wildman–Crippen LogP) is 2.94. The van der Waals surface area contributed by atoms with Gasteiger partial charge in [-0.05, 0) is 32.6 Å². The van der Waals surface area contributed by atoms with Gasteiger partial charge in [-0.1, -0.05) is 13.8 Å². The fourth-order valence-corrected chi connectivity index (χ4v) is 2.39. The minimum atomic E-state index is 0.651. The van der Waals surface area contributed by atoms with E-state index in [4.69, 9.17) is 0 Å². The first-order valence-corrected chi connectivity index (χ1v) is 7.87. The number of aromatic nitrogens is 1. The first-order chi connectivity index (χ1) is 9.11. The largest absolute Gasteiger partial charge is 0.357 e. The molecule has 1 aromatic rings. The third-order valence-electron chi connectivity index (χ3n) is 2.64. The average Bonchev–Trinajstić information content (AvgIpc) is 2.77. The fraction of sp³-hybridized carbons (Fsp3) is 0.714. The number of thiazole rings is 1. The monoisotopic (exact) mass is 282 g/mol. The van der Waals surface area contributed by atoms with Gasteiger partial charge in [-0.2, -0.15) is 0 Å². The molecule has 5 heteroatoms.